The first kappa shape index (κ1) is 19.5. The molecule has 1 saturated heterocycles. The van der Waals surface area contributed by atoms with Gasteiger partial charge < -0.3 is 19.5 Å². The molecular formula is C19H25ClN4O3. The third-order valence-electron chi connectivity index (χ3n) is 4.29. The predicted octanol–water partition coefficient (Wildman–Crippen LogP) is 3.51. The number of anilines is 3. The Kier molecular flexibility index (Phi) is 5.92. The molecular weight excluding hydrogens is 368 g/mol. The van der Waals surface area contributed by atoms with Crippen molar-refractivity contribution in [2.24, 2.45) is 0 Å². The molecule has 1 fully saturated rings. The summed E-state index contributed by atoms with van der Waals surface area (Å²) in [5.74, 6) is 0.116. The average molecular weight is 393 g/mol. The van der Waals surface area contributed by atoms with Gasteiger partial charge in [0.15, 0.2) is 0 Å². The van der Waals surface area contributed by atoms with Gasteiger partial charge in [-0.15, -0.1) is 0 Å². The lowest BCUT2D eigenvalue weighted by atomic mass is 9.92. The molecule has 146 valence electrons. The number of carbonyl (C=O) groups is 1. The molecule has 8 heteroatoms. The van der Waals surface area contributed by atoms with Crippen LogP contribution in [0, 0.1) is 0 Å². The summed E-state index contributed by atoms with van der Waals surface area (Å²) in [6.45, 7) is 9.16. The maximum Gasteiger partial charge on any atom is 0.246 e. The summed E-state index contributed by atoms with van der Waals surface area (Å²) in [6, 6.07) is 7.38. The number of amides is 1. The fraction of sp³-hybridized carbons (Fsp3) is 0.474. The molecule has 0 bridgehead atoms. The van der Waals surface area contributed by atoms with E-state index >= 15 is 0 Å². The molecule has 0 atom stereocenters. The monoisotopic (exact) mass is 392 g/mol. The highest BCUT2D eigenvalue weighted by atomic mass is 35.5. The minimum atomic E-state index is -0.223. The molecule has 27 heavy (non-hydrogen) atoms. The lowest BCUT2D eigenvalue weighted by Gasteiger charge is -2.30. The van der Waals surface area contributed by atoms with E-state index in [1.807, 2.05) is 39.0 Å². The number of nitrogens with zero attached hydrogens (tertiary/aromatic N) is 2. The van der Waals surface area contributed by atoms with E-state index in [4.69, 9.17) is 20.9 Å². The Balaban J connectivity index is 1.63. The number of benzene rings is 1. The van der Waals surface area contributed by atoms with Crippen LogP contribution in [0.5, 0.6) is 0 Å². The summed E-state index contributed by atoms with van der Waals surface area (Å²) in [4.78, 5) is 14.5. The zero-order valence-electron chi connectivity index (χ0n) is 15.8. The SMILES string of the molecule is CC(C)(C)c1cc(NC(=O)CNc2cc(Cl)ccc2N2CCOCC2)on1. The molecule has 0 aliphatic carbocycles. The number of ether oxygens (including phenoxy) is 1. The molecule has 1 aromatic carbocycles. The number of nitrogens with one attached hydrogen (secondary N) is 2. The van der Waals surface area contributed by atoms with Crippen molar-refractivity contribution in [2.45, 2.75) is 26.2 Å². The van der Waals surface area contributed by atoms with E-state index in [0.29, 0.717) is 24.1 Å². The van der Waals surface area contributed by atoms with Crippen LogP contribution in [0.3, 0.4) is 0 Å². The molecule has 0 unspecified atom stereocenters. The third-order valence-corrected chi connectivity index (χ3v) is 4.53. The zero-order valence-corrected chi connectivity index (χ0v) is 16.6. The molecule has 1 aromatic heterocycles. The van der Waals surface area contributed by atoms with E-state index < -0.39 is 0 Å². The van der Waals surface area contributed by atoms with Crippen LogP contribution in [0.4, 0.5) is 17.3 Å². The first-order chi connectivity index (χ1) is 12.8. The Morgan fingerprint density at radius 1 is 1.26 bits per heavy atom. The van der Waals surface area contributed by atoms with Crippen molar-refractivity contribution in [1.82, 2.24) is 5.16 Å². The van der Waals surface area contributed by atoms with Gasteiger partial charge in [0.1, 0.15) is 0 Å². The molecule has 2 aromatic rings. The number of carbonyl (C=O) groups excluding carboxylic acids is 1. The molecule has 0 radical (unpaired) electrons. The van der Waals surface area contributed by atoms with Crippen LogP contribution in [0.15, 0.2) is 28.8 Å². The van der Waals surface area contributed by atoms with E-state index in [1.165, 1.54) is 0 Å². The second-order valence-electron chi connectivity index (χ2n) is 7.49. The van der Waals surface area contributed by atoms with Crippen LogP contribution < -0.4 is 15.5 Å². The average Bonchev–Trinajstić information content (AvgIpc) is 3.10. The van der Waals surface area contributed by atoms with Gasteiger partial charge in [0.05, 0.1) is 36.8 Å². The van der Waals surface area contributed by atoms with Crippen molar-refractivity contribution >= 4 is 34.8 Å². The number of hydrogen-bond donors (Lipinski definition) is 2. The van der Waals surface area contributed by atoms with Gasteiger partial charge in [0.2, 0.25) is 11.8 Å². The number of hydrogen-bond acceptors (Lipinski definition) is 6. The Labute approximate surface area is 164 Å². The minimum Gasteiger partial charge on any atom is -0.378 e. The van der Waals surface area contributed by atoms with E-state index in [1.54, 1.807) is 6.07 Å². The van der Waals surface area contributed by atoms with Crippen molar-refractivity contribution in [3.8, 4) is 0 Å². The molecule has 3 rings (SSSR count). The molecule has 0 saturated carbocycles. The summed E-state index contributed by atoms with van der Waals surface area (Å²) in [5, 5.41) is 10.5. The number of halogens is 1. The summed E-state index contributed by atoms with van der Waals surface area (Å²) >= 11 is 6.14. The van der Waals surface area contributed by atoms with Crippen LogP contribution in [0.1, 0.15) is 26.5 Å². The molecule has 7 nitrogen and oxygen atoms in total. The highest BCUT2D eigenvalue weighted by Gasteiger charge is 2.20. The van der Waals surface area contributed by atoms with Crippen LogP contribution in [0.2, 0.25) is 5.02 Å². The number of aromatic nitrogens is 1. The topological polar surface area (TPSA) is 79.6 Å². The Hall–Kier alpha value is -2.25. The van der Waals surface area contributed by atoms with Crippen LogP contribution in [-0.2, 0) is 14.9 Å². The number of rotatable bonds is 5. The van der Waals surface area contributed by atoms with E-state index in [9.17, 15) is 4.79 Å². The van der Waals surface area contributed by atoms with Crippen LogP contribution in [0.25, 0.3) is 0 Å². The fourth-order valence-corrected chi connectivity index (χ4v) is 2.95. The first-order valence-corrected chi connectivity index (χ1v) is 9.34. The largest absolute Gasteiger partial charge is 0.378 e. The Bertz CT molecular complexity index is 794. The van der Waals surface area contributed by atoms with Gasteiger partial charge in [0, 0.05) is 29.6 Å². The van der Waals surface area contributed by atoms with Crippen molar-refractivity contribution in [3.63, 3.8) is 0 Å². The highest BCUT2D eigenvalue weighted by molar-refractivity contribution is 6.31. The fourth-order valence-electron chi connectivity index (χ4n) is 2.77. The standard InChI is InChI=1S/C19H25ClN4O3/c1-19(2,3)16-11-18(27-23-16)22-17(25)12-21-14-10-13(20)4-5-15(14)24-6-8-26-9-7-24/h4-5,10-11,21H,6-9,12H2,1-3H3,(H,22,25). The van der Waals surface area contributed by atoms with Crippen molar-refractivity contribution in [2.75, 3.05) is 48.4 Å². The summed E-state index contributed by atoms with van der Waals surface area (Å²) < 4.78 is 10.6. The summed E-state index contributed by atoms with van der Waals surface area (Å²) in [5.41, 5.74) is 2.46. The minimum absolute atomic E-state index is 0.0865. The zero-order chi connectivity index (χ0) is 19.4. The smallest absolute Gasteiger partial charge is 0.246 e. The van der Waals surface area contributed by atoms with E-state index in [2.05, 4.69) is 20.7 Å². The molecule has 1 aliphatic heterocycles. The lowest BCUT2D eigenvalue weighted by Crippen LogP contribution is -2.36. The van der Waals surface area contributed by atoms with Gasteiger partial charge in [-0.2, -0.15) is 0 Å². The Morgan fingerprint density at radius 2 is 2.00 bits per heavy atom. The second-order valence-corrected chi connectivity index (χ2v) is 7.93. The molecule has 1 aliphatic rings. The Morgan fingerprint density at radius 3 is 2.67 bits per heavy atom. The maximum absolute atomic E-state index is 12.3. The summed E-state index contributed by atoms with van der Waals surface area (Å²) in [6.07, 6.45) is 0. The van der Waals surface area contributed by atoms with Gasteiger partial charge in [0.25, 0.3) is 0 Å². The van der Waals surface area contributed by atoms with Gasteiger partial charge >= 0.3 is 0 Å². The third kappa shape index (κ3) is 5.14. The predicted molar refractivity (Wildman–Crippen MR) is 107 cm³/mol. The maximum atomic E-state index is 12.3. The molecule has 2 N–H and O–H groups in total. The van der Waals surface area contributed by atoms with E-state index in [-0.39, 0.29) is 17.9 Å². The van der Waals surface area contributed by atoms with Gasteiger partial charge in [-0.1, -0.05) is 37.5 Å². The highest BCUT2D eigenvalue weighted by Crippen LogP contribution is 2.30. The quantitative estimate of drug-likeness (QED) is 0.810. The molecule has 1 amide bonds. The number of morpholine rings is 1. The lowest BCUT2D eigenvalue weighted by molar-refractivity contribution is -0.114. The van der Waals surface area contributed by atoms with Crippen molar-refractivity contribution < 1.29 is 14.1 Å². The summed E-state index contributed by atoms with van der Waals surface area (Å²) in [7, 11) is 0. The van der Waals surface area contributed by atoms with Gasteiger partial charge in [-0.25, -0.2) is 0 Å². The van der Waals surface area contributed by atoms with E-state index in [0.717, 1.165) is 30.2 Å². The van der Waals surface area contributed by atoms with Crippen molar-refractivity contribution in [1.29, 1.82) is 0 Å². The van der Waals surface area contributed by atoms with Crippen LogP contribution in [-0.4, -0.2) is 43.9 Å². The van der Waals surface area contributed by atoms with Gasteiger partial charge in [-0.05, 0) is 18.2 Å². The van der Waals surface area contributed by atoms with Crippen molar-refractivity contribution in [3.05, 3.63) is 35.0 Å². The first-order valence-electron chi connectivity index (χ1n) is 8.96. The molecule has 0 spiro atoms. The van der Waals surface area contributed by atoms with Gasteiger partial charge in [-0.3, -0.25) is 10.1 Å². The molecule has 2 heterocycles. The second kappa shape index (κ2) is 8.19. The normalized spacial score (nSPS) is 14.9. The van der Waals surface area contributed by atoms with Crippen LogP contribution >= 0.6 is 11.6 Å².